The van der Waals surface area contributed by atoms with Gasteiger partial charge in [0.05, 0.1) is 4.48 Å². The Morgan fingerprint density at radius 3 is 2.65 bits per heavy atom. The topological polar surface area (TPSA) is 18.5 Å². The van der Waals surface area contributed by atoms with Crippen LogP contribution in [0.1, 0.15) is 38.3 Å². The summed E-state index contributed by atoms with van der Waals surface area (Å²) in [5.74, 6) is 1.83. The summed E-state index contributed by atoms with van der Waals surface area (Å²) >= 11 is 3.75. The lowest BCUT2D eigenvalue weighted by molar-refractivity contribution is 0.0733. The number of rotatable bonds is 2. The first kappa shape index (κ1) is 16.2. The van der Waals surface area contributed by atoms with Crippen LogP contribution in [0.5, 0.6) is 0 Å². The molecule has 5 rings (SSSR count). The molecular formula is C23H21BrO2. The van der Waals surface area contributed by atoms with E-state index in [0.717, 1.165) is 28.8 Å². The minimum absolute atomic E-state index is 0.0263. The highest BCUT2D eigenvalue weighted by Gasteiger charge is 2.40. The number of hydrogen-bond donors (Lipinski definition) is 0. The maximum absolute atomic E-state index is 5.73. The summed E-state index contributed by atoms with van der Waals surface area (Å²) in [5, 5.41) is 0. The SMILES string of the molecule is CC1=CC2=C(Br)C3=C(CC2=C1C(C)(C)C1=Cc2ccccc2C1)OCO3. The molecule has 4 aliphatic rings. The summed E-state index contributed by atoms with van der Waals surface area (Å²) in [7, 11) is 0. The van der Waals surface area contributed by atoms with Gasteiger partial charge in [0.2, 0.25) is 6.79 Å². The van der Waals surface area contributed by atoms with Crippen molar-refractivity contribution >= 4 is 22.0 Å². The first-order chi connectivity index (χ1) is 12.5. The van der Waals surface area contributed by atoms with Crippen LogP contribution in [0, 0.1) is 5.41 Å². The molecule has 0 saturated heterocycles. The quantitative estimate of drug-likeness (QED) is 0.581. The number of halogens is 1. The summed E-state index contributed by atoms with van der Waals surface area (Å²) in [6, 6.07) is 8.72. The van der Waals surface area contributed by atoms with Crippen molar-refractivity contribution in [3.05, 3.63) is 85.3 Å². The average Bonchev–Trinajstić information content (AvgIpc) is 3.31. The van der Waals surface area contributed by atoms with Gasteiger partial charge in [-0.05, 0) is 62.7 Å². The van der Waals surface area contributed by atoms with Crippen molar-refractivity contribution in [3.63, 3.8) is 0 Å². The Balaban J connectivity index is 1.61. The van der Waals surface area contributed by atoms with Crippen molar-refractivity contribution in [1.29, 1.82) is 0 Å². The van der Waals surface area contributed by atoms with Crippen LogP contribution in [-0.4, -0.2) is 6.79 Å². The fourth-order valence-electron chi connectivity index (χ4n) is 4.75. The van der Waals surface area contributed by atoms with E-state index < -0.39 is 0 Å². The molecule has 1 aromatic carbocycles. The predicted molar refractivity (Wildman–Crippen MR) is 107 cm³/mol. The normalized spacial score (nSPS) is 21.2. The lowest BCUT2D eigenvalue weighted by Gasteiger charge is -2.32. The molecular weight excluding hydrogens is 388 g/mol. The van der Waals surface area contributed by atoms with Gasteiger partial charge in [-0.2, -0.15) is 0 Å². The molecule has 0 bridgehead atoms. The van der Waals surface area contributed by atoms with E-state index in [1.54, 1.807) is 0 Å². The van der Waals surface area contributed by atoms with Crippen LogP contribution in [0.2, 0.25) is 0 Å². The van der Waals surface area contributed by atoms with E-state index in [1.807, 2.05) is 0 Å². The second-order valence-corrected chi connectivity index (χ2v) is 8.71. The Morgan fingerprint density at radius 2 is 1.85 bits per heavy atom. The Bertz CT molecular complexity index is 999. The third-order valence-electron chi connectivity index (χ3n) is 6.04. The zero-order valence-electron chi connectivity index (χ0n) is 15.3. The van der Waals surface area contributed by atoms with Gasteiger partial charge in [0.15, 0.2) is 5.76 Å². The van der Waals surface area contributed by atoms with Crippen LogP contribution in [-0.2, 0) is 15.9 Å². The summed E-state index contributed by atoms with van der Waals surface area (Å²) in [4.78, 5) is 0. The highest BCUT2D eigenvalue weighted by molar-refractivity contribution is 9.12. The number of ether oxygens (including phenoxy) is 2. The molecule has 132 valence electrons. The zero-order chi connectivity index (χ0) is 18.1. The van der Waals surface area contributed by atoms with E-state index in [0.29, 0.717) is 6.79 Å². The van der Waals surface area contributed by atoms with Crippen LogP contribution in [0.15, 0.2) is 74.2 Å². The van der Waals surface area contributed by atoms with Gasteiger partial charge in [0, 0.05) is 11.8 Å². The van der Waals surface area contributed by atoms with Gasteiger partial charge < -0.3 is 9.47 Å². The van der Waals surface area contributed by atoms with E-state index >= 15 is 0 Å². The standard InChI is InChI=1S/C23H21BrO2/c1-13-8-18-17(11-19-22(21(18)24)26-12-25-19)20(13)23(2,3)16-9-14-6-4-5-7-15(14)10-16/h4-9H,10-12H2,1-3H3. The average molecular weight is 409 g/mol. The third-order valence-corrected chi connectivity index (χ3v) is 6.83. The van der Waals surface area contributed by atoms with Gasteiger partial charge in [-0.1, -0.05) is 55.8 Å². The van der Waals surface area contributed by atoms with Gasteiger partial charge in [-0.25, -0.2) is 0 Å². The van der Waals surface area contributed by atoms with Crippen molar-refractivity contribution in [2.75, 3.05) is 6.79 Å². The molecule has 0 atom stereocenters. The highest BCUT2D eigenvalue weighted by Crippen LogP contribution is 2.54. The van der Waals surface area contributed by atoms with Gasteiger partial charge in [-0.15, -0.1) is 0 Å². The summed E-state index contributed by atoms with van der Waals surface area (Å²) in [5.41, 5.74) is 9.65. The van der Waals surface area contributed by atoms with Gasteiger partial charge >= 0.3 is 0 Å². The number of allylic oxidation sites excluding steroid dienone is 7. The molecule has 26 heavy (non-hydrogen) atoms. The van der Waals surface area contributed by atoms with E-state index in [-0.39, 0.29) is 5.41 Å². The van der Waals surface area contributed by atoms with Gasteiger partial charge in [0.25, 0.3) is 0 Å². The maximum atomic E-state index is 5.73. The molecule has 3 aliphatic carbocycles. The Morgan fingerprint density at radius 1 is 1.04 bits per heavy atom. The number of benzene rings is 1. The molecule has 0 fully saturated rings. The Kier molecular flexibility index (Phi) is 3.42. The first-order valence-electron chi connectivity index (χ1n) is 9.07. The molecule has 0 N–H and O–H groups in total. The first-order valence-corrected chi connectivity index (χ1v) is 9.86. The van der Waals surface area contributed by atoms with Gasteiger partial charge in [0.1, 0.15) is 5.76 Å². The summed E-state index contributed by atoms with van der Waals surface area (Å²) in [6.45, 7) is 7.27. The van der Waals surface area contributed by atoms with Crippen LogP contribution < -0.4 is 0 Å². The van der Waals surface area contributed by atoms with Crippen LogP contribution in [0.4, 0.5) is 0 Å². The molecule has 0 spiro atoms. The maximum Gasteiger partial charge on any atom is 0.230 e. The fraction of sp³-hybridized carbons (Fsp3) is 0.304. The van der Waals surface area contributed by atoms with E-state index in [2.05, 4.69) is 73.1 Å². The van der Waals surface area contributed by atoms with E-state index in [9.17, 15) is 0 Å². The molecule has 2 nitrogen and oxygen atoms in total. The van der Waals surface area contributed by atoms with Crippen molar-refractivity contribution in [2.24, 2.45) is 5.41 Å². The van der Waals surface area contributed by atoms with Crippen LogP contribution in [0.3, 0.4) is 0 Å². The highest BCUT2D eigenvalue weighted by atomic mass is 79.9. The lowest BCUT2D eigenvalue weighted by atomic mass is 9.72. The second-order valence-electron chi connectivity index (χ2n) is 7.91. The largest absolute Gasteiger partial charge is 0.458 e. The number of hydrogen-bond acceptors (Lipinski definition) is 2. The van der Waals surface area contributed by atoms with Crippen molar-refractivity contribution < 1.29 is 9.47 Å². The second kappa shape index (κ2) is 5.50. The molecule has 0 radical (unpaired) electrons. The van der Waals surface area contributed by atoms with Gasteiger partial charge in [-0.3, -0.25) is 0 Å². The molecule has 3 heteroatoms. The lowest BCUT2D eigenvalue weighted by Crippen LogP contribution is -2.20. The smallest absolute Gasteiger partial charge is 0.230 e. The molecule has 1 heterocycles. The summed E-state index contributed by atoms with van der Waals surface area (Å²) < 4.78 is 12.4. The predicted octanol–water partition coefficient (Wildman–Crippen LogP) is 6.18. The monoisotopic (exact) mass is 408 g/mol. The van der Waals surface area contributed by atoms with Crippen molar-refractivity contribution in [2.45, 2.75) is 33.6 Å². The molecule has 0 unspecified atom stereocenters. The molecule has 1 aromatic rings. The zero-order valence-corrected chi connectivity index (χ0v) is 16.9. The van der Waals surface area contributed by atoms with E-state index in [1.165, 1.54) is 39.0 Å². The molecule has 0 aromatic heterocycles. The molecule has 0 saturated carbocycles. The Hall–Kier alpha value is -2.00. The van der Waals surface area contributed by atoms with Crippen molar-refractivity contribution in [3.8, 4) is 0 Å². The molecule has 1 aliphatic heterocycles. The van der Waals surface area contributed by atoms with Crippen LogP contribution in [0.25, 0.3) is 6.08 Å². The number of fused-ring (bicyclic) bond motifs is 2. The van der Waals surface area contributed by atoms with Crippen molar-refractivity contribution in [1.82, 2.24) is 0 Å². The minimum Gasteiger partial charge on any atom is -0.458 e. The minimum atomic E-state index is -0.0263. The third kappa shape index (κ3) is 2.16. The van der Waals surface area contributed by atoms with Crippen LogP contribution >= 0.6 is 15.9 Å². The molecule has 0 amide bonds. The van der Waals surface area contributed by atoms with E-state index in [4.69, 9.17) is 9.47 Å². The Labute approximate surface area is 162 Å². The fourth-order valence-corrected chi connectivity index (χ4v) is 5.43. The summed E-state index contributed by atoms with van der Waals surface area (Å²) in [6.07, 6.45) is 6.52.